The zero-order chi connectivity index (χ0) is 27.8. The second-order valence-corrected chi connectivity index (χ2v) is 10.6. The Labute approximate surface area is 233 Å². The lowest BCUT2D eigenvalue weighted by Gasteiger charge is -2.24. The van der Waals surface area contributed by atoms with Crippen molar-refractivity contribution in [3.63, 3.8) is 0 Å². The maximum atomic E-state index is 13.7. The van der Waals surface area contributed by atoms with Crippen LogP contribution in [0.15, 0.2) is 144 Å². The van der Waals surface area contributed by atoms with Gasteiger partial charge < -0.3 is 14.8 Å². The molecule has 0 unspecified atom stereocenters. The second-order valence-electron chi connectivity index (χ2n) is 8.69. The fraction of sp³-hybridized carbons (Fsp3) is 0.0312. The molecule has 5 rings (SSSR count). The van der Waals surface area contributed by atoms with Gasteiger partial charge in [0.25, 0.3) is 10.0 Å². The number of hydrogen-bond donors (Lipinski definition) is 1. The third-order valence-electron chi connectivity index (χ3n) is 5.85. The number of amides is 1. The van der Waals surface area contributed by atoms with E-state index >= 15 is 0 Å². The number of carbonyl (C=O) groups is 1. The van der Waals surface area contributed by atoms with Crippen LogP contribution in [0.4, 0.5) is 11.4 Å². The van der Waals surface area contributed by atoms with Crippen LogP contribution in [0, 0.1) is 0 Å². The molecule has 5 aromatic rings. The molecule has 1 amide bonds. The zero-order valence-corrected chi connectivity index (χ0v) is 22.2. The molecule has 0 spiro atoms. The van der Waals surface area contributed by atoms with Gasteiger partial charge in [-0.1, -0.05) is 66.7 Å². The molecule has 0 radical (unpaired) electrons. The quantitative estimate of drug-likeness (QED) is 0.200. The number of hydrogen-bond acceptors (Lipinski definition) is 5. The Balaban J connectivity index is 1.40. The van der Waals surface area contributed by atoms with E-state index in [9.17, 15) is 13.2 Å². The molecule has 0 atom stereocenters. The molecule has 0 aliphatic rings. The molecule has 0 saturated carbocycles. The van der Waals surface area contributed by atoms with Crippen LogP contribution in [0.5, 0.6) is 23.0 Å². The summed E-state index contributed by atoms with van der Waals surface area (Å²) in [5, 5.41) is 2.80. The van der Waals surface area contributed by atoms with E-state index in [0.717, 1.165) is 4.31 Å². The van der Waals surface area contributed by atoms with E-state index in [1.54, 1.807) is 78.9 Å². The van der Waals surface area contributed by atoms with Gasteiger partial charge in [0.2, 0.25) is 5.91 Å². The van der Waals surface area contributed by atoms with Gasteiger partial charge in [-0.05, 0) is 72.8 Å². The van der Waals surface area contributed by atoms with Crippen LogP contribution < -0.4 is 19.1 Å². The third-order valence-corrected chi connectivity index (χ3v) is 7.64. The van der Waals surface area contributed by atoms with Crippen molar-refractivity contribution in [1.29, 1.82) is 0 Å². The highest BCUT2D eigenvalue weighted by Gasteiger charge is 2.27. The third kappa shape index (κ3) is 6.48. The molecule has 0 fully saturated rings. The first-order valence-corrected chi connectivity index (χ1v) is 14.0. The van der Waals surface area contributed by atoms with Gasteiger partial charge in [0, 0.05) is 0 Å². The summed E-state index contributed by atoms with van der Waals surface area (Å²) in [6, 6.07) is 40.0. The molecule has 5 aromatic carbocycles. The van der Waals surface area contributed by atoms with Gasteiger partial charge in [0.1, 0.15) is 23.8 Å². The maximum absolute atomic E-state index is 13.7. The number of sulfonamides is 1. The van der Waals surface area contributed by atoms with Gasteiger partial charge in [-0.25, -0.2) is 8.42 Å². The van der Waals surface area contributed by atoms with E-state index in [4.69, 9.17) is 9.47 Å². The van der Waals surface area contributed by atoms with E-state index in [1.165, 1.54) is 12.1 Å². The summed E-state index contributed by atoms with van der Waals surface area (Å²) in [5.41, 5.74) is 0.730. The molecular weight excluding hydrogens is 524 g/mol. The van der Waals surface area contributed by atoms with E-state index in [1.807, 2.05) is 48.5 Å². The van der Waals surface area contributed by atoms with Crippen LogP contribution in [-0.2, 0) is 14.8 Å². The van der Waals surface area contributed by atoms with E-state index in [0.29, 0.717) is 34.4 Å². The van der Waals surface area contributed by atoms with Crippen molar-refractivity contribution in [2.75, 3.05) is 16.2 Å². The van der Waals surface area contributed by atoms with Gasteiger partial charge in [0.15, 0.2) is 5.75 Å². The summed E-state index contributed by atoms with van der Waals surface area (Å²) in [7, 11) is -4.07. The van der Waals surface area contributed by atoms with Gasteiger partial charge in [-0.3, -0.25) is 9.10 Å². The molecule has 0 saturated heterocycles. The molecule has 0 aromatic heterocycles. The van der Waals surface area contributed by atoms with Gasteiger partial charge in [-0.2, -0.15) is 0 Å². The number of nitrogens with one attached hydrogen (secondary N) is 1. The molecule has 200 valence electrons. The normalized spacial score (nSPS) is 10.9. The number of para-hydroxylation sites is 4. The highest BCUT2D eigenvalue weighted by Crippen LogP contribution is 2.31. The van der Waals surface area contributed by atoms with Crippen LogP contribution >= 0.6 is 0 Å². The standard InChI is InChI=1S/C32H26N2O5S/c35-32(33-30-18-10-11-19-31(30)39-27-14-6-2-7-15-27)24-34(40(36,37)29-16-8-3-9-17-29)25-20-22-28(23-21-25)38-26-12-4-1-5-13-26/h1-23H,24H2,(H,33,35). The van der Waals surface area contributed by atoms with E-state index in [2.05, 4.69) is 5.32 Å². The van der Waals surface area contributed by atoms with Crippen molar-refractivity contribution in [2.45, 2.75) is 4.90 Å². The minimum Gasteiger partial charge on any atom is -0.457 e. The zero-order valence-electron chi connectivity index (χ0n) is 21.4. The second kappa shape index (κ2) is 12.2. The lowest BCUT2D eigenvalue weighted by Crippen LogP contribution is -2.38. The summed E-state index contributed by atoms with van der Waals surface area (Å²) in [4.78, 5) is 13.4. The van der Waals surface area contributed by atoms with Crippen molar-refractivity contribution >= 4 is 27.3 Å². The van der Waals surface area contributed by atoms with Crippen molar-refractivity contribution in [3.05, 3.63) is 140 Å². The SMILES string of the molecule is O=C(CN(c1ccc(Oc2ccccc2)cc1)S(=O)(=O)c1ccccc1)Nc1ccccc1Oc1ccccc1. The van der Waals surface area contributed by atoms with Crippen molar-refractivity contribution in [3.8, 4) is 23.0 Å². The van der Waals surface area contributed by atoms with E-state index in [-0.39, 0.29) is 4.90 Å². The highest BCUT2D eigenvalue weighted by molar-refractivity contribution is 7.92. The fourth-order valence-electron chi connectivity index (χ4n) is 3.93. The maximum Gasteiger partial charge on any atom is 0.264 e. The first-order valence-electron chi connectivity index (χ1n) is 12.5. The molecule has 0 bridgehead atoms. The number of anilines is 2. The molecule has 1 N–H and O–H groups in total. The van der Waals surface area contributed by atoms with Crippen molar-refractivity contribution in [1.82, 2.24) is 0 Å². The first kappa shape index (κ1) is 26.5. The molecule has 0 aliphatic carbocycles. The minimum absolute atomic E-state index is 0.0697. The van der Waals surface area contributed by atoms with E-state index < -0.39 is 22.5 Å². The monoisotopic (exact) mass is 550 g/mol. The summed E-state index contributed by atoms with van der Waals surface area (Å²) in [6.45, 7) is -0.463. The number of nitrogens with zero attached hydrogens (tertiary/aromatic N) is 1. The van der Waals surface area contributed by atoms with Crippen LogP contribution in [0.1, 0.15) is 0 Å². The highest BCUT2D eigenvalue weighted by atomic mass is 32.2. The van der Waals surface area contributed by atoms with Crippen molar-refractivity contribution in [2.24, 2.45) is 0 Å². The lowest BCUT2D eigenvalue weighted by atomic mass is 10.2. The molecule has 40 heavy (non-hydrogen) atoms. The fourth-order valence-corrected chi connectivity index (χ4v) is 5.38. The van der Waals surface area contributed by atoms with Gasteiger partial charge >= 0.3 is 0 Å². The molecular formula is C32H26N2O5S. The summed E-state index contributed by atoms with van der Waals surface area (Å²) in [6.07, 6.45) is 0. The number of rotatable bonds is 10. The molecule has 7 nitrogen and oxygen atoms in total. The average Bonchev–Trinajstić information content (AvgIpc) is 2.99. The van der Waals surface area contributed by atoms with Gasteiger partial charge in [-0.15, -0.1) is 0 Å². The Bertz CT molecular complexity index is 1660. The molecule has 0 heterocycles. The predicted octanol–water partition coefficient (Wildman–Crippen LogP) is 7.11. The van der Waals surface area contributed by atoms with Crippen molar-refractivity contribution < 1.29 is 22.7 Å². The Kier molecular flexibility index (Phi) is 8.08. The van der Waals surface area contributed by atoms with Crippen LogP contribution in [-0.4, -0.2) is 20.9 Å². The number of carbonyl (C=O) groups excluding carboxylic acids is 1. The summed E-state index contributed by atoms with van der Waals surface area (Å²) < 4.78 is 40.2. The predicted molar refractivity (Wildman–Crippen MR) is 156 cm³/mol. The van der Waals surface area contributed by atoms with Gasteiger partial charge in [0.05, 0.1) is 16.3 Å². The smallest absolute Gasteiger partial charge is 0.264 e. The molecule has 8 heteroatoms. The first-order chi connectivity index (χ1) is 19.5. The Hall–Kier alpha value is -5.08. The van der Waals surface area contributed by atoms with Crippen LogP contribution in [0.2, 0.25) is 0 Å². The lowest BCUT2D eigenvalue weighted by molar-refractivity contribution is -0.114. The Morgan fingerprint density at radius 3 is 1.73 bits per heavy atom. The number of benzene rings is 5. The average molecular weight is 551 g/mol. The Morgan fingerprint density at radius 1 is 0.600 bits per heavy atom. The van der Waals surface area contributed by atoms with Crippen LogP contribution in [0.25, 0.3) is 0 Å². The number of ether oxygens (including phenoxy) is 2. The minimum atomic E-state index is -4.07. The summed E-state index contributed by atoms with van der Waals surface area (Å²) >= 11 is 0. The summed E-state index contributed by atoms with van der Waals surface area (Å²) in [5.74, 6) is 1.69. The largest absolute Gasteiger partial charge is 0.457 e. The Morgan fingerprint density at radius 2 is 1.10 bits per heavy atom. The van der Waals surface area contributed by atoms with Crippen LogP contribution in [0.3, 0.4) is 0 Å². The molecule has 0 aliphatic heterocycles. The topological polar surface area (TPSA) is 84.9 Å².